The van der Waals surface area contributed by atoms with Crippen molar-refractivity contribution in [3.8, 4) is 0 Å². The van der Waals surface area contributed by atoms with Crippen LogP contribution in [0.2, 0.25) is 0 Å². The molecule has 1 nitrogen and oxygen atoms in total. The van der Waals surface area contributed by atoms with Gasteiger partial charge < -0.3 is 4.74 Å². The Hall–Kier alpha value is -0.0400. The van der Waals surface area contributed by atoms with E-state index in [1.807, 2.05) is 0 Å². The van der Waals surface area contributed by atoms with E-state index in [9.17, 15) is 0 Å². The fourth-order valence-corrected chi connectivity index (χ4v) is 0.845. The summed E-state index contributed by atoms with van der Waals surface area (Å²) in [6.07, 6.45) is 1.38. The molecule has 1 aliphatic rings. The van der Waals surface area contributed by atoms with Crippen LogP contribution in [0.1, 0.15) is 13.3 Å². The summed E-state index contributed by atoms with van der Waals surface area (Å²) in [4.78, 5) is 0. The van der Waals surface area contributed by atoms with Crippen LogP contribution < -0.4 is 0 Å². The third kappa shape index (κ3) is 1.16. The van der Waals surface area contributed by atoms with Crippen molar-refractivity contribution in [1.29, 1.82) is 0 Å². The Morgan fingerprint density at radius 2 is 2.29 bits per heavy atom. The van der Waals surface area contributed by atoms with Crippen LogP contribution >= 0.6 is 0 Å². The second-order valence-electron chi connectivity index (χ2n) is 2.43. The van der Waals surface area contributed by atoms with Gasteiger partial charge in [0.2, 0.25) is 0 Å². The zero-order valence-electron chi connectivity index (χ0n) is 4.98. The molecule has 0 N–H and O–H groups in total. The Morgan fingerprint density at radius 1 is 1.71 bits per heavy atom. The van der Waals surface area contributed by atoms with Gasteiger partial charge in [0.1, 0.15) is 0 Å². The summed E-state index contributed by atoms with van der Waals surface area (Å²) >= 11 is 0. The molecule has 0 amide bonds. The molecule has 0 aromatic heterocycles. The summed E-state index contributed by atoms with van der Waals surface area (Å²) in [5, 5.41) is 0. The molecular weight excluding hydrogens is 88.1 g/mol. The monoisotopic (exact) mass is 100 g/mol. The first-order valence-electron chi connectivity index (χ1n) is 2.83. The maximum absolute atomic E-state index is 4.94. The number of methoxy groups -OCH3 is 1. The van der Waals surface area contributed by atoms with E-state index in [0.29, 0.717) is 0 Å². The molecule has 0 bridgehead atoms. The first-order chi connectivity index (χ1) is 3.34. The van der Waals surface area contributed by atoms with Gasteiger partial charge >= 0.3 is 0 Å². The summed E-state index contributed by atoms with van der Waals surface area (Å²) in [6, 6.07) is 0. The second-order valence-corrected chi connectivity index (χ2v) is 2.43. The van der Waals surface area contributed by atoms with Crippen LogP contribution in [0.4, 0.5) is 0 Å². The van der Waals surface area contributed by atoms with E-state index in [2.05, 4.69) is 6.92 Å². The fourth-order valence-electron chi connectivity index (χ4n) is 0.845. The van der Waals surface area contributed by atoms with E-state index in [0.717, 1.165) is 18.4 Å². The summed E-state index contributed by atoms with van der Waals surface area (Å²) in [6.45, 7) is 3.24. The molecule has 2 atom stereocenters. The summed E-state index contributed by atoms with van der Waals surface area (Å²) in [5.74, 6) is 1.84. The van der Waals surface area contributed by atoms with Crippen molar-refractivity contribution in [2.45, 2.75) is 13.3 Å². The van der Waals surface area contributed by atoms with Gasteiger partial charge in [-0.1, -0.05) is 6.92 Å². The molecule has 0 aliphatic heterocycles. The van der Waals surface area contributed by atoms with E-state index in [-0.39, 0.29) is 0 Å². The first kappa shape index (κ1) is 5.10. The zero-order valence-corrected chi connectivity index (χ0v) is 4.98. The maximum atomic E-state index is 4.94. The zero-order chi connectivity index (χ0) is 5.28. The molecule has 0 aromatic rings. The fraction of sp³-hybridized carbons (Fsp3) is 1.00. The molecule has 1 saturated carbocycles. The van der Waals surface area contributed by atoms with Crippen molar-refractivity contribution in [2.75, 3.05) is 13.7 Å². The lowest BCUT2D eigenvalue weighted by Crippen LogP contribution is -1.90. The highest BCUT2D eigenvalue weighted by molar-refractivity contribution is 4.81. The van der Waals surface area contributed by atoms with Crippen LogP contribution in [0.3, 0.4) is 0 Å². The molecule has 0 saturated heterocycles. The average Bonchev–Trinajstić information content (AvgIpc) is 2.22. The molecule has 1 unspecified atom stereocenters. The van der Waals surface area contributed by atoms with Gasteiger partial charge in [-0.3, -0.25) is 0 Å². The predicted molar refractivity (Wildman–Crippen MR) is 29.1 cm³/mol. The van der Waals surface area contributed by atoms with E-state index in [1.54, 1.807) is 7.11 Å². The van der Waals surface area contributed by atoms with Crippen LogP contribution in [0.5, 0.6) is 0 Å². The maximum Gasteiger partial charge on any atom is 0.0493 e. The van der Waals surface area contributed by atoms with Gasteiger partial charge in [-0.2, -0.15) is 0 Å². The van der Waals surface area contributed by atoms with Crippen molar-refractivity contribution in [2.24, 2.45) is 11.8 Å². The average molecular weight is 100 g/mol. The van der Waals surface area contributed by atoms with Crippen molar-refractivity contribution >= 4 is 0 Å². The summed E-state index contributed by atoms with van der Waals surface area (Å²) < 4.78 is 4.94. The minimum Gasteiger partial charge on any atom is -0.384 e. The quantitative estimate of drug-likeness (QED) is 0.508. The molecule has 1 heteroatoms. The largest absolute Gasteiger partial charge is 0.384 e. The third-order valence-corrected chi connectivity index (χ3v) is 1.66. The van der Waals surface area contributed by atoms with Crippen molar-refractivity contribution < 1.29 is 4.74 Å². The van der Waals surface area contributed by atoms with Crippen molar-refractivity contribution in [3.63, 3.8) is 0 Å². The molecule has 1 aliphatic carbocycles. The number of rotatable bonds is 2. The Kier molecular flexibility index (Phi) is 1.33. The van der Waals surface area contributed by atoms with Crippen molar-refractivity contribution in [3.05, 3.63) is 0 Å². The Bertz CT molecular complexity index is 61.2. The number of ether oxygens (including phenoxy) is 1. The molecule has 42 valence electrons. The topological polar surface area (TPSA) is 9.23 Å². The Morgan fingerprint density at radius 3 is 2.43 bits per heavy atom. The second kappa shape index (κ2) is 1.83. The van der Waals surface area contributed by atoms with Gasteiger partial charge in [-0.05, 0) is 18.3 Å². The smallest absolute Gasteiger partial charge is 0.0493 e. The van der Waals surface area contributed by atoms with Crippen LogP contribution in [0.25, 0.3) is 0 Å². The first-order valence-corrected chi connectivity index (χ1v) is 2.83. The van der Waals surface area contributed by atoms with Crippen LogP contribution in [-0.2, 0) is 4.74 Å². The Labute approximate surface area is 44.7 Å². The molecule has 0 aromatic carbocycles. The minimum absolute atomic E-state index is 0.894. The highest BCUT2D eigenvalue weighted by atomic mass is 16.5. The molecule has 1 rings (SSSR count). The van der Waals surface area contributed by atoms with Gasteiger partial charge in [-0.15, -0.1) is 0 Å². The highest BCUT2D eigenvalue weighted by Gasteiger charge is 2.31. The van der Waals surface area contributed by atoms with Gasteiger partial charge in [0.05, 0.1) is 0 Å². The minimum atomic E-state index is 0.894. The lowest BCUT2D eigenvalue weighted by atomic mass is 10.4. The van der Waals surface area contributed by atoms with Crippen molar-refractivity contribution in [1.82, 2.24) is 0 Å². The molecule has 0 spiro atoms. The molecular formula is C6H12O. The van der Waals surface area contributed by atoms with Gasteiger partial charge in [0, 0.05) is 13.7 Å². The third-order valence-electron chi connectivity index (χ3n) is 1.66. The molecule has 0 heterocycles. The summed E-state index contributed by atoms with van der Waals surface area (Å²) in [5.41, 5.74) is 0. The highest BCUT2D eigenvalue weighted by Crippen LogP contribution is 2.37. The number of hydrogen-bond donors (Lipinski definition) is 0. The predicted octanol–water partition coefficient (Wildman–Crippen LogP) is 1.29. The lowest BCUT2D eigenvalue weighted by molar-refractivity contribution is 0.182. The van der Waals surface area contributed by atoms with Crippen LogP contribution in [0.15, 0.2) is 0 Å². The molecule has 1 fully saturated rings. The van der Waals surface area contributed by atoms with E-state index >= 15 is 0 Å². The summed E-state index contributed by atoms with van der Waals surface area (Å²) in [7, 11) is 1.77. The lowest BCUT2D eigenvalue weighted by Gasteiger charge is -1.89. The normalized spacial score (nSPS) is 38.6. The standard InChI is InChI=1S/C6H12O/c1-5-3-6(5)4-7-2/h5-6H,3-4H2,1-2H3/t5-,6?/m1/s1. The van der Waals surface area contributed by atoms with E-state index in [4.69, 9.17) is 4.74 Å². The van der Waals surface area contributed by atoms with E-state index in [1.165, 1.54) is 6.42 Å². The Balaban J connectivity index is 1.98. The van der Waals surface area contributed by atoms with Gasteiger partial charge in [0.25, 0.3) is 0 Å². The van der Waals surface area contributed by atoms with Gasteiger partial charge in [0.15, 0.2) is 0 Å². The van der Waals surface area contributed by atoms with Gasteiger partial charge in [-0.25, -0.2) is 0 Å². The van der Waals surface area contributed by atoms with Crippen LogP contribution in [0, 0.1) is 11.8 Å². The SMILES string of the molecule is COCC1C[C@H]1C. The molecule has 0 radical (unpaired) electrons. The molecule has 7 heavy (non-hydrogen) atoms. The van der Waals surface area contributed by atoms with E-state index < -0.39 is 0 Å². The van der Waals surface area contributed by atoms with Crippen LogP contribution in [-0.4, -0.2) is 13.7 Å². The number of hydrogen-bond acceptors (Lipinski definition) is 1.